The Kier molecular flexibility index (Phi) is 4.84. The second-order valence-electron chi connectivity index (χ2n) is 2.98. The van der Waals surface area contributed by atoms with Gasteiger partial charge in [-0.1, -0.05) is 0 Å². The van der Waals surface area contributed by atoms with E-state index in [-0.39, 0.29) is 5.69 Å². The van der Waals surface area contributed by atoms with E-state index < -0.39 is 16.8 Å². The maximum atomic E-state index is 11.0. The van der Waals surface area contributed by atoms with Crippen molar-refractivity contribution in [3.8, 4) is 0 Å². The van der Waals surface area contributed by atoms with Gasteiger partial charge in [-0.25, -0.2) is 14.8 Å². The van der Waals surface area contributed by atoms with Crippen LogP contribution in [0, 0.1) is 0 Å². The third kappa shape index (κ3) is 3.93. The van der Waals surface area contributed by atoms with Crippen molar-refractivity contribution in [2.75, 3.05) is 31.0 Å². The normalized spacial score (nSPS) is 11.9. The molecule has 1 unspecified atom stereocenters. The van der Waals surface area contributed by atoms with Gasteiger partial charge < -0.3 is 10.1 Å². The third-order valence-corrected chi connectivity index (χ3v) is 2.52. The maximum absolute atomic E-state index is 11.0. The first-order valence-electron chi connectivity index (χ1n) is 4.57. The molecular weight excluding hydrogens is 230 g/mol. The van der Waals surface area contributed by atoms with Crippen LogP contribution in [0.5, 0.6) is 0 Å². The molecule has 1 aromatic rings. The van der Waals surface area contributed by atoms with Gasteiger partial charge in [0.05, 0.1) is 19.5 Å². The van der Waals surface area contributed by atoms with E-state index >= 15 is 0 Å². The summed E-state index contributed by atoms with van der Waals surface area (Å²) in [7, 11) is 0.447. The Balaban J connectivity index is 2.51. The van der Waals surface area contributed by atoms with Crippen LogP contribution in [-0.4, -0.2) is 45.8 Å². The number of nitrogens with zero attached hydrogens (tertiary/aromatic N) is 2. The number of ether oxygens (including phenoxy) is 1. The van der Waals surface area contributed by atoms with E-state index in [4.69, 9.17) is 0 Å². The Hall–Kier alpha value is -1.50. The monoisotopic (exact) mass is 243 g/mol. The second-order valence-corrected chi connectivity index (χ2v) is 4.54. The van der Waals surface area contributed by atoms with Crippen LogP contribution in [0.2, 0.25) is 0 Å². The number of hydrogen-bond donors (Lipinski definition) is 1. The number of nitrogens with one attached hydrogen (secondary N) is 1. The zero-order chi connectivity index (χ0) is 12.0. The van der Waals surface area contributed by atoms with Gasteiger partial charge in [-0.05, 0) is 0 Å². The lowest BCUT2D eigenvalue weighted by atomic mass is 10.4. The molecule has 0 aliphatic rings. The van der Waals surface area contributed by atoms with Crippen LogP contribution >= 0.6 is 0 Å². The van der Waals surface area contributed by atoms with Crippen LogP contribution in [0.1, 0.15) is 10.5 Å². The molecule has 1 heterocycles. The average Bonchev–Trinajstić information content (AvgIpc) is 2.28. The van der Waals surface area contributed by atoms with Gasteiger partial charge in [0, 0.05) is 29.4 Å². The van der Waals surface area contributed by atoms with Crippen molar-refractivity contribution in [1.29, 1.82) is 0 Å². The second kappa shape index (κ2) is 6.16. The first kappa shape index (κ1) is 12.6. The molecular formula is C9H13N3O3S. The number of aromatic nitrogens is 2. The lowest BCUT2D eigenvalue weighted by molar-refractivity contribution is 0.0593. The van der Waals surface area contributed by atoms with E-state index in [2.05, 4.69) is 20.0 Å². The molecule has 1 N–H and O–H groups in total. The quantitative estimate of drug-likeness (QED) is 0.736. The summed E-state index contributed by atoms with van der Waals surface area (Å²) in [6.45, 7) is 0.551. The number of methoxy groups -OCH3 is 1. The van der Waals surface area contributed by atoms with Crippen molar-refractivity contribution in [2.45, 2.75) is 0 Å². The van der Waals surface area contributed by atoms with Crippen LogP contribution in [0.15, 0.2) is 12.4 Å². The van der Waals surface area contributed by atoms with E-state index in [0.717, 1.165) is 0 Å². The van der Waals surface area contributed by atoms with Gasteiger partial charge in [0.2, 0.25) is 0 Å². The van der Waals surface area contributed by atoms with Crippen LogP contribution < -0.4 is 5.32 Å². The Morgan fingerprint density at radius 1 is 1.50 bits per heavy atom. The minimum absolute atomic E-state index is 0.159. The standard InChI is InChI=1S/C9H13N3O3S/c1-15-9(13)7-5-12-8(6-11-7)10-3-4-16(2)14/h5-6H,3-4H2,1-2H3,(H,10,12). The van der Waals surface area contributed by atoms with Crippen LogP contribution in [0.25, 0.3) is 0 Å². The number of rotatable bonds is 5. The van der Waals surface area contributed by atoms with Crippen LogP contribution in [0.3, 0.4) is 0 Å². The molecule has 0 saturated heterocycles. The molecule has 16 heavy (non-hydrogen) atoms. The van der Waals surface area contributed by atoms with Crippen molar-refractivity contribution >= 4 is 22.6 Å². The first-order valence-corrected chi connectivity index (χ1v) is 6.30. The molecule has 0 aliphatic heterocycles. The zero-order valence-electron chi connectivity index (χ0n) is 9.10. The molecule has 0 radical (unpaired) electrons. The molecule has 88 valence electrons. The van der Waals surface area contributed by atoms with Crippen molar-refractivity contribution < 1.29 is 13.7 Å². The highest BCUT2D eigenvalue weighted by Gasteiger charge is 2.06. The molecule has 0 aromatic carbocycles. The lowest BCUT2D eigenvalue weighted by Crippen LogP contribution is -2.12. The molecule has 6 nitrogen and oxygen atoms in total. The van der Waals surface area contributed by atoms with E-state index in [1.165, 1.54) is 19.5 Å². The van der Waals surface area contributed by atoms with Gasteiger partial charge in [-0.3, -0.25) is 4.21 Å². The largest absolute Gasteiger partial charge is 0.464 e. The molecule has 0 aliphatic carbocycles. The van der Waals surface area contributed by atoms with E-state index in [0.29, 0.717) is 18.1 Å². The van der Waals surface area contributed by atoms with Gasteiger partial charge in [0.1, 0.15) is 5.82 Å². The molecule has 7 heteroatoms. The van der Waals surface area contributed by atoms with E-state index in [9.17, 15) is 9.00 Å². The van der Waals surface area contributed by atoms with Crippen molar-refractivity contribution in [2.24, 2.45) is 0 Å². The molecule has 0 spiro atoms. The summed E-state index contributed by atoms with van der Waals surface area (Å²) < 4.78 is 15.3. The Labute approximate surface area is 95.9 Å². The number of hydrogen-bond acceptors (Lipinski definition) is 6. The Morgan fingerprint density at radius 3 is 2.75 bits per heavy atom. The smallest absolute Gasteiger partial charge is 0.358 e. The fourth-order valence-corrected chi connectivity index (χ4v) is 1.34. The number of anilines is 1. The molecule has 1 rings (SSSR count). The highest BCUT2D eigenvalue weighted by atomic mass is 32.2. The fourth-order valence-electron chi connectivity index (χ4n) is 0.952. The summed E-state index contributed by atoms with van der Waals surface area (Å²) in [6, 6.07) is 0. The summed E-state index contributed by atoms with van der Waals surface area (Å²) in [5, 5.41) is 2.94. The fraction of sp³-hybridized carbons (Fsp3) is 0.444. The summed E-state index contributed by atoms with van der Waals surface area (Å²) in [5.74, 6) is 0.562. The number of carbonyl (C=O) groups excluding carboxylic acids is 1. The van der Waals surface area contributed by atoms with E-state index in [1.54, 1.807) is 6.26 Å². The Morgan fingerprint density at radius 2 is 2.25 bits per heavy atom. The minimum atomic E-state index is -0.837. The van der Waals surface area contributed by atoms with Gasteiger partial charge in [-0.2, -0.15) is 0 Å². The molecule has 0 fully saturated rings. The third-order valence-electron chi connectivity index (χ3n) is 1.74. The molecule has 1 aromatic heterocycles. The van der Waals surface area contributed by atoms with Crippen molar-refractivity contribution in [3.05, 3.63) is 18.1 Å². The Bertz CT molecular complexity index is 380. The highest BCUT2D eigenvalue weighted by molar-refractivity contribution is 7.84. The summed E-state index contributed by atoms with van der Waals surface area (Å²) in [6.07, 6.45) is 4.40. The van der Waals surface area contributed by atoms with Crippen LogP contribution in [0.4, 0.5) is 5.82 Å². The topological polar surface area (TPSA) is 81.2 Å². The summed E-state index contributed by atoms with van der Waals surface area (Å²) in [5.41, 5.74) is 0.159. The van der Waals surface area contributed by atoms with Crippen molar-refractivity contribution in [3.63, 3.8) is 0 Å². The molecule has 0 amide bonds. The molecule has 0 bridgehead atoms. The van der Waals surface area contributed by atoms with Crippen molar-refractivity contribution in [1.82, 2.24) is 9.97 Å². The average molecular weight is 243 g/mol. The lowest BCUT2D eigenvalue weighted by Gasteiger charge is -2.03. The van der Waals surface area contributed by atoms with Gasteiger partial charge in [-0.15, -0.1) is 0 Å². The molecule has 0 saturated carbocycles. The number of esters is 1. The van der Waals surface area contributed by atoms with Crippen LogP contribution in [-0.2, 0) is 15.5 Å². The predicted octanol–water partition coefficient (Wildman–Crippen LogP) is 0.0536. The zero-order valence-corrected chi connectivity index (χ0v) is 9.91. The highest BCUT2D eigenvalue weighted by Crippen LogP contribution is 2.01. The van der Waals surface area contributed by atoms with Gasteiger partial charge in [0.25, 0.3) is 0 Å². The van der Waals surface area contributed by atoms with Gasteiger partial charge >= 0.3 is 5.97 Å². The molecule has 1 atom stereocenters. The van der Waals surface area contributed by atoms with Gasteiger partial charge in [0.15, 0.2) is 5.69 Å². The van der Waals surface area contributed by atoms with E-state index in [1.807, 2.05) is 0 Å². The minimum Gasteiger partial charge on any atom is -0.464 e. The SMILES string of the molecule is COC(=O)c1cnc(NCCS(C)=O)cn1. The summed E-state index contributed by atoms with van der Waals surface area (Å²) >= 11 is 0. The predicted molar refractivity (Wildman–Crippen MR) is 60.8 cm³/mol. The summed E-state index contributed by atoms with van der Waals surface area (Å²) in [4.78, 5) is 18.9. The maximum Gasteiger partial charge on any atom is 0.358 e. The first-order chi connectivity index (χ1) is 7.63. The number of carbonyl (C=O) groups is 1.